The van der Waals surface area contributed by atoms with Crippen LogP contribution in [0.4, 0.5) is 4.79 Å². The predicted molar refractivity (Wildman–Crippen MR) is 105 cm³/mol. The van der Waals surface area contributed by atoms with Gasteiger partial charge < -0.3 is 10.2 Å². The SMILES string of the molecule is Cc1cccc(C(=O)N2CCCC3(C2)NC(=O)N(Cc2ccccc2)C3=O)c1. The fraction of sp³-hybridized carbons (Fsp3) is 0.318. The summed E-state index contributed by atoms with van der Waals surface area (Å²) in [6, 6.07) is 16.5. The number of urea groups is 1. The van der Waals surface area contributed by atoms with E-state index in [2.05, 4.69) is 5.32 Å². The van der Waals surface area contributed by atoms with Gasteiger partial charge in [-0.05, 0) is 37.5 Å². The Bertz CT molecular complexity index is 928. The summed E-state index contributed by atoms with van der Waals surface area (Å²) in [7, 11) is 0. The van der Waals surface area contributed by atoms with Gasteiger partial charge in [-0.2, -0.15) is 0 Å². The smallest absolute Gasteiger partial charge is 0.325 e. The fourth-order valence-electron chi connectivity index (χ4n) is 4.05. The molecule has 1 N–H and O–H groups in total. The molecule has 2 fully saturated rings. The Morgan fingerprint density at radius 3 is 2.64 bits per heavy atom. The average molecular weight is 377 g/mol. The molecule has 28 heavy (non-hydrogen) atoms. The number of nitrogens with zero attached hydrogens (tertiary/aromatic N) is 2. The molecule has 2 heterocycles. The van der Waals surface area contributed by atoms with E-state index in [1.165, 1.54) is 4.90 Å². The number of aryl methyl sites for hydroxylation is 1. The minimum absolute atomic E-state index is 0.105. The van der Waals surface area contributed by atoms with Crippen molar-refractivity contribution in [3.05, 3.63) is 71.3 Å². The molecule has 6 nitrogen and oxygen atoms in total. The third-order valence-electron chi connectivity index (χ3n) is 5.47. The summed E-state index contributed by atoms with van der Waals surface area (Å²) >= 11 is 0. The first-order valence-corrected chi connectivity index (χ1v) is 9.52. The number of piperidine rings is 1. The molecular formula is C22H23N3O3. The van der Waals surface area contributed by atoms with Crippen molar-refractivity contribution in [2.24, 2.45) is 0 Å². The Morgan fingerprint density at radius 1 is 1.11 bits per heavy atom. The van der Waals surface area contributed by atoms with E-state index in [0.717, 1.165) is 11.1 Å². The van der Waals surface area contributed by atoms with Crippen molar-refractivity contribution in [3.8, 4) is 0 Å². The maximum absolute atomic E-state index is 13.2. The number of rotatable bonds is 3. The summed E-state index contributed by atoms with van der Waals surface area (Å²) in [5.74, 6) is -0.352. The Balaban J connectivity index is 1.53. The minimum Gasteiger partial charge on any atom is -0.336 e. The Hall–Kier alpha value is -3.15. The van der Waals surface area contributed by atoms with E-state index in [-0.39, 0.29) is 24.9 Å². The summed E-state index contributed by atoms with van der Waals surface area (Å²) < 4.78 is 0. The van der Waals surface area contributed by atoms with Gasteiger partial charge in [-0.1, -0.05) is 48.0 Å². The van der Waals surface area contributed by atoms with Crippen molar-refractivity contribution in [1.29, 1.82) is 0 Å². The molecule has 2 aliphatic rings. The lowest BCUT2D eigenvalue weighted by molar-refractivity contribution is -0.133. The van der Waals surface area contributed by atoms with E-state index >= 15 is 0 Å². The molecule has 4 amide bonds. The number of nitrogens with one attached hydrogen (secondary N) is 1. The van der Waals surface area contributed by atoms with Crippen molar-refractivity contribution >= 4 is 17.8 Å². The van der Waals surface area contributed by atoms with E-state index in [9.17, 15) is 14.4 Å². The van der Waals surface area contributed by atoms with E-state index < -0.39 is 11.6 Å². The second-order valence-corrected chi connectivity index (χ2v) is 7.59. The van der Waals surface area contributed by atoms with Crippen LogP contribution in [0.25, 0.3) is 0 Å². The molecule has 1 atom stereocenters. The van der Waals surface area contributed by atoms with Crippen LogP contribution in [0.15, 0.2) is 54.6 Å². The minimum atomic E-state index is -1.02. The molecule has 0 aromatic heterocycles. The third kappa shape index (κ3) is 3.26. The van der Waals surface area contributed by atoms with Crippen molar-refractivity contribution in [2.45, 2.75) is 31.8 Å². The van der Waals surface area contributed by atoms with Gasteiger partial charge in [-0.15, -0.1) is 0 Å². The lowest BCUT2D eigenvalue weighted by Crippen LogP contribution is -2.59. The summed E-state index contributed by atoms with van der Waals surface area (Å²) in [4.78, 5) is 41.6. The topological polar surface area (TPSA) is 69.7 Å². The van der Waals surface area contributed by atoms with E-state index in [1.807, 2.05) is 55.5 Å². The Labute approximate surface area is 164 Å². The van der Waals surface area contributed by atoms with Gasteiger partial charge in [-0.25, -0.2) is 4.79 Å². The molecule has 6 heteroatoms. The van der Waals surface area contributed by atoms with Gasteiger partial charge in [0, 0.05) is 12.1 Å². The highest BCUT2D eigenvalue weighted by Gasteiger charge is 2.53. The number of imide groups is 1. The molecule has 1 spiro atoms. The standard InChI is InChI=1S/C22H23N3O3/c1-16-7-5-10-18(13-16)19(26)24-12-6-11-22(15-24)20(27)25(21(28)23-22)14-17-8-3-2-4-9-17/h2-5,7-10,13H,6,11-12,14-15H2,1H3,(H,23,28). The fourth-order valence-corrected chi connectivity index (χ4v) is 4.05. The molecule has 2 aromatic carbocycles. The lowest BCUT2D eigenvalue weighted by atomic mass is 9.88. The maximum Gasteiger partial charge on any atom is 0.325 e. The summed E-state index contributed by atoms with van der Waals surface area (Å²) in [6.07, 6.45) is 1.21. The van der Waals surface area contributed by atoms with Gasteiger partial charge in [0.05, 0.1) is 13.1 Å². The number of carbonyl (C=O) groups is 3. The van der Waals surface area contributed by atoms with Crippen LogP contribution in [0.5, 0.6) is 0 Å². The van der Waals surface area contributed by atoms with Crippen molar-refractivity contribution in [3.63, 3.8) is 0 Å². The maximum atomic E-state index is 13.2. The Kier molecular flexibility index (Phi) is 4.63. The monoisotopic (exact) mass is 377 g/mol. The van der Waals surface area contributed by atoms with Crippen LogP contribution in [0.1, 0.15) is 34.3 Å². The van der Waals surface area contributed by atoms with Gasteiger partial charge in [0.15, 0.2) is 0 Å². The highest BCUT2D eigenvalue weighted by molar-refractivity contribution is 6.07. The van der Waals surface area contributed by atoms with Crippen LogP contribution in [0.3, 0.4) is 0 Å². The summed E-state index contributed by atoms with van der Waals surface area (Å²) in [5, 5.41) is 2.88. The molecular weight excluding hydrogens is 354 g/mol. The van der Waals surface area contributed by atoms with Gasteiger partial charge in [-0.3, -0.25) is 14.5 Å². The van der Waals surface area contributed by atoms with Crippen LogP contribution in [-0.2, 0) is 11.3 Å². The quantitative estimate of drug-likeness (QED) is 0.836. The van der Waals surface area contributed by atoms with Crippen LogP contribution in [0, 0.1) is 6.92 Å². The normalized spacial score (nSPS) is 21.9. The molecule has 0 saturated carbocycles. The lowest BCUT2D eigenvalue weighted by Gasteiger charge is -2.38. The number of hydrogen-bond acceptors (Lipinski definition) is 3. The van der Waals surface area contributed by atoms with Crippen molar-refractivity contribution < 1.29 is 14.4 Å². The third-order valence-corrected chi connectivity index (χ3v) is 5.47. The molecule has 2 aromatic rings. The van der Waals surface area contributed by atoms with Crippen molar-refractivity contribution in [2.75, 3.05) is 13.1 Å². The molecule has 0 bridgehead atoms. The number of benzene rings is 2. The Morgan fingerprint density at radius 2 is 1.89 bits per heavy atom. The van der Waals surface area contributed by atoms with Crippen LogP contribution in [-0.4, -0.2) is 46.3 Å². The number of likely N-dealkylation sites (tertiary alicyclic amines) is 1. The molecule has 0 aliphatic carbocycles. The predicted octanol–water partition coefficient (Wildman–Crippen LogP) is 2.72. The molecule has 2 aliphatic heterocycles. The zero-order valence-corrected chi connectivity index (χ0v) is 15.9. The molecule has 0 radical (unpaired) electrons. The number of hydrogen-bond donors (Lipinski definition) is 1. The summed E-state index contributed by atoms with van der Waals surface area (Å²) in [6.45, 7) is 2.96. The zero-order valence-electron chi connectivity index (χ0n) is 15.9. The van der Waals surface area contributed by atoms with E-state index in [4.69, 9.17) is 0 Å². The summed E-state index contributed by atoms with van der Waals surface area (Å²) in [5.41, 5.74) is 1.49. The largest absolute Gasteiger partial charge is 0.336 e. The first-order valence-electron chi connectivity index (χ1n) is 9.52. The van der Waals surface area contributed by atoms with Crippen LogP contribution in [0.2, 0.25) is 0 Å². The van der Waals surface area contributed by atoms with Gasteiger partial charge in [0.2, 0.25) is 0 Å². The van der Waals surface area contributed by atoms with E-state index in [0.29, 0.717) is 24.9 Å². The molecule has 4 rings (SSSR count). The highest BCUT2D eigenvalue weighted by Crippen LogP contribution is 2.30. The molecule has 1 unspecified atom stereocenters. The van der Waals surface area contributed by atoms with Crippen LogP contribution < -0.4 is 5.32 Å². The van der Waals surface area contributed by atoms with Gasteiger partial charge in [0.1, 0.15) is 5.54 Å². The molecule has 144 valence electrons. The van der Waals surface area contributed by atoms with Crippen molar-refractivity contribution in [1.82, 2.24) is 15.1 Å². The average Bonchev–Trinajstić information content (AvgIpc) is 2.92. The second kappa shape index (κ2) is 7.11. The number of amides is 4. The number of carbonyl (C=O) groups excluding carboxylic acids is 3. The van der Waals surface area contributed by atoms with Crippen LogP contribution >= 0.6 is 0 Å². The second-order valence-electron chi connectivity index (χ2n) is 7.59. The van der Waals surface area contributed by atoms with Gasteiger partial charge in [0.25, 0.3) is 11.8 Å². The molecule has 2 saturated heterocycles. The van der Waals surface area contributed by atoms with E-state index in [1.54, 1.807) is 11.0 Å². The van der Waals surface area contributed by atoms with Gasteiger partial charge >= 0.3 is 6.03 Å². The zero-order chi connectivity index (χ0) is 19.7. The highest BCUT2D eigenvalue weighted by atomic mass is 16.2. The first-order chi connectivity index (χ1) is 13.5. The first kappa shape index (κ1) is 18.2.